The van der Waals surface area contributed by atoms with Crippen molar-refractivity contribution in [1.82, 2.24) is 0 Å². The minimum atomic E-state index is 0.433. The third-order valence-electron chi connectivity index (χ3n) is 4.94. The fourth-order valence-corrected chi connectivity index (χ4v) is 3.37. The largest absolute Gasteiger partial charge is 0.327 e. The van der Waals surface area contributed by atoms with E-state index in [1.807, 2.05) is 0 Å². The first-order valence-electron chi connectivity index (χ1n) is 7.92. The van der Waals surface area contributed by atoms with Crippen molar-refractivity contribution in [3.05, 3.63) is 0 Å². The Kier molecular flexibility index (Phi) is 7.18. The molecule has 17 heavy (non-hydrogen) atoms. The lowest BCUT2D eigenvalue weighted by Gasteiger charge is -2.32. The first-order chi connectivity index (χ1) is 8.16. The molecule has 1 heteroatoms. The van der Waals surface area contributed by atoms with Crippen molar-refractivity contribution in [3.8, 4) is 0 Å². The lowest BCUT2D eigenvalue weighted by molar-refractivity contribution is 0.225. The minimum absolute atomic E-state index is 0.433. The van der Waals surface area contributed by atoms with Gasteiger partial charge in [-0.15, -0.1) is 0 Å². The zero-order valence-corrected chi connectivity index (χ0v) is 12.3. The van der Waals surface area contributed by atoms with Crippen LogP contribution >= 0.6 is 0 Å². The molecule has 0 amide bonds. The molecular weight excluding hydrogens is 206 g/mol. The Morgan fingerprint density at radius 1 is 0.941 bits per heavy atom. The van der Waals surface area contributed by atoms with Gasteiger partial charge >= 0.3 is 0 Å². The highest BCUT2D eigenvalue weighted by atomic mass is 14.7. The summed E-state index contributed by atoms with van der Waals surface area (Å²) in [6.07, 6.45) is 12.5. The van der Waals surface area contributed by atoms with Gasteiger partial charge in [0.05, 0.1) is 0 Å². The number of nitrogens with two attached hydrogens (primary N) is 1. The van der Waals surface area contributed by atoms with Crippen molar-refractivity contribution in [2.45, 2.75) is 84.6 Å². The molecule has 1 saturated carbocycles. The molecule has 4 atom stereocenters. The van der Waals surface area contributed by atoms with Crippen molar-refractivity contribution >= 4 is 0 Å². The summed E-state index contributed by atoms with van der Waals surface area (Å²) in [7, 11) is 0. The molecule has 0 aliphatic heterocycles. The van der Waals surface area contributed by atoms with E-state index in [1.54, 1.807) is 0 Å². The van der Waals surface area contributed by atoms with Crippen LogP contribution in [0, 0.1) is 17.8 Å². The Hall–Kier alpha value is -0.0400. The predicted molar refractivity (Wildman–Crippen MR) is 77.0 cm³/mol. The maximum atomic E-state index is 6.54. The maximum absolute atomic E-state index is 6.54. The van der Waals surface area contributed by atoms with Gasteiger partial charge in [0.15, 0.2) is 0 Å². The third kappa shape index (κ3) is 4.99. The van der Waals surface area contributed by atoms with Crippen LogP contribution in [0.15, 0.2) is 0 Å². The van der Waals surface area contributed by atoms with Gasteiger partial charge in [-0.3, -0.25) is 0 Å². The van der Waals surface area contributed by atoms with E-state index >= 15 is 0 Å². The second-order valence-corrected chi connectivity index (χ2v) is 6.31. The van der Waals surface area contributed by atoms with E-state index in [-0.39, 0.29) is 0 Å². The molecule has 0 aromatic rings. The molecule has 1 fully saturated rings. The molecule has 1 rings (SSSR count). The fraction of sp³-hybridized carbons (Fsp3) is 1.00. The van der Waals surface area contributed by atoms with E-state index in [0.717, 1.165) is 11.8 Å². The summed E-state index contributed by atoms with van der Waals surface area (Å²) >= 11 is 0. The van der Waals surface area contributed by atoms with Crippen molar-refractivity contribution in [1.29, 1.82) is 0 Å². The molecule has 1 aliphatic carbocycles. The van der Waals surface area contributed by atoms with Gasteiger partial charge in [-0.1, -0.05) is 65.7 Å². The Morgan fingerprint density at radius 2 is 1.53 bits per heavy atom. The van der Waals surface area contributed by atoms with E-state index in [9.17, 15) is 0 Å². The Morgan fingerprint density at radius 3 is 2.18 bits per heavy atom. The second kappa shape index (κ2) is 8.13. The Balaban J connectivity index is 2.61. The second-order valence-electron chi connectivity index (χ2n) is 6.31. The average molecular weight is 239 g/mol. The van der Waals surface area contributed by atoms with Gasteiger partial charge in [0.2, 0.25) is 0 Å². The molecule has 0 aromatic heterocycles. The zero-order chi connectivity index (χ0) is 12.7. The molecule has 0 saturated heterocycles. The van der Waals surface area contributed by atoms with Crippen LogP contribution in [-0.2, 0) is 0 Å². The highest BCUT2D eigenvalue weighted by molar-refractivity contribution is 4.81. The molecule has 4 unspecified atom stereocenters. The quantitative estimate of drug-likeness (QED) is 0.739. The Bertz CT molecular complexity index is 190. The fourth-order valence-electron chi connectivity index (χ4n) is 3.37. The van der Waals surface area contributed by atoms with Crippen LogP contribution in [-0.4, -0.2) is 6.04 Å². The number of rotatable bonds is 2. The summed E-state index contributed by atoms with van der Waals surface area (Å²) in [5, 5.41) is 0. The van der Waals surface area contributed by atoms with Crippen molar-refractivity contribution in [3.63, 3.8) is 0 Å². The Labute approximate surface area is 109 Å². The molecule has 0 radical (unpaired) electrons. The molecular formula is C16H33N. The normalized spacial score (nSPS) is 37.4. The molecule has 0 heterocycles. The van der Waals surface area contributed by atoms with E-state index in [4.69, 9.17) is 5.73 Å². The summed E-state index contributed by atoms with van der Waals surface area (Å²) in [6, 6.07) is 0.433. The maximum Gasteiger partial charge on any atom is 0.00955 e. The topological polar surface area (TPSA) is 26.0 Å². The highest BCUT2D eigenvalue weighted by Crippen LogP contribution is 2.30. The summed E-state index contributed by atoms with van der Waals surface area (Å²) < 4.78 is 0. The van der Waals surface area contributed by atoms with E-state index < -0.39 is 0 Å². The van der Waals surface area contributed by atoms with Crippen molar-refractivity contribution in [2.24, 2.45) is 23.5 Å². The summed E-state index contributed by atoms with van der Waals surface area (Å²) in [5.74, 6) is 2.28. The van der Waals surface area contributed by atoms with Gasteiger partial charge < -0.3 is 5.73 Å². The molecule has 0 spiro atoms. The molecule has 1 aliphatic rings. The third-order valence-corrected chi connectivity index (χ3v) is 4.94. The van der Waals surface area contributed by atoms with Gasteiger partial charge in [0.25, 0.3) is 0 Å². The first kappa shape index (κ1) is 15.0. The molecule has 1 nitrogen and oxygen atoms in total. The monoisotopic (exact) mass is 239 g/mol. The van der Waals surface area contributed by atoms with Gasteiger partial charge in [-0.2, -0.15) is 0 Å². The highest BCUT2D eigenvalue weighted by Gasteiger charge is 2.26. The van der Waals surface area contributed by atoms with Gasteiger partial charge in [0, 0.05) is 6.04 Å². The summed E-state index contributed by atoms with van der Waals surface area (Å²) in [6.45, 7) is 7.09. The van der Waals surface area contributed by atoms with Gasteiger partial charge in [-0.05, 0) is 30.6 Å². The van der Waals surface area contributed by atoms with Crippen LogP contribution in [0.5, 0.6) is 0 Å². The van der Waals surface area contributed by atoms with Crippen LogP contribution in [0.1, 0.15) is 78.6 Å². The molecule has 102 valence electrons. The van der Waals surface area contributed by atoms with Crippen LogP contribution in [0.3, 0.4) is 0 Å². The lowest BCUT2D eigenvalue weighted by atomic mass is 9.77. The van der Waals surface area contributed by atoms with E-state index in [1.165, 1.54) is 57.8 Å². The van der Waals surface area contributed by atoms with Crippen LogP contribution < -0.4 is 5.73 Å². The van der Waals surface area contributed by atoms with Crippen LogP contribution in [0.4, 0.5) is 0 Å². The van der Waals surface area contributed by atoms with E-state index in [0.29, 0.717) is 12.0 Å². The lowest BCUT2D eigenvalue weighted by Crippen LogP contribution is -2.39. The first-order valence-corrected chi connectivity index (χ1v) is 7.92. The smallest absolute Gasteiger partial charge is 0.00955 e. The summed E-state index contributed by atoms with van der Waals surface area (Å²) in [5.41, 5.74) is 6.54. The molecule has 0 bridgehead atoms. The predicted octanol–water partition coefficient (Wildman–Crippen LogP) is 4.75. The van der Waals surface area contributed by atoms with Crippen LogP contribution in [0.2, 0.25) is 0 Å². The molecule has 0 aromatic carbocycles. The number of hydrogen-bond donors (Lipinski definition) is 1. The zero-order valence-electron chi connectivity index (χ0n) is 12.3. The summed E-state index contributed by atoms with van der Waals surface area (Å²) in [4.78, 5) is 0. The van der Waals surface area contributed by atoms with E-state index in [2.05, 4.69) is 20.8 Å². The standard InChI is InChI=1S/C16H33N/c1-4-10-15-12-9-7-5-6-8-11-13(2)14(3)16(15)17/h13-16H,4-12,17H2,1-3H3. The molecule has 2 N–H and O–H groups in total. The van der Waals surface area contributed by atoms with Crippen molar-refractivity contribution < 1.29 is 0 Å². The SMILES string of the molecule is CCCC1CCCCCCCC(C)C(C)C1N. The van der Waals surface area contributed by atoms with Gasteiger partial charge in [-0.25, -0.2) is 0 Å². The number of hydrogen-bond acceptors (Lipinski definition) is 1. The van der Waals surface area contributed by atoms with Crippen LogP contribution in [0.25, 0.3) is 0 Å². The van der Waals surface area contributed by atoms with Crippen molar-refractivity contribution in [2.75, 3.05) is 0 Å². The minimum Gasteiger partial charge on any atom is -0.327 e. The van der Waals surface area contributed by atoms with Gasteiger partial charge in [0.1, 0.15) is 0 Å². The average Bonchev–Trinajstić information content (AvgIpc) is 2.35.